The molecule has 1 aromatic carbocycles. The lowest BCUT2D eigenvalue weighted by atomic mass is 10.2. The lowest BCUT2D eigenvalue weighted by molar-refractivity contribution is 0.159. The topological polar surface area (TPSA) is 23.5 Å². The highest BCUT2D eigenvalue weighted by Gasteiger charge is 2.13. The van der Waals surface area contributed by atoms with E-state index in [1.165, 1.54) is 0 Å². The molecule has 0 aliphatic heterocycles. The van der Waals surface area contributed by atoms with Gasteiger partial charge in [0.1, 0.15) is 6.23 Å². The van der Waals surface area contributed by atoms with Crippen molar-refractivity contribution >= 4 is 5.69 Å². The van der Waals surface area contributed by atoms with Crippen molar-refractivity contribution in [3.8, 4) is 0 Å². The van der Waals surface area contributed by atoms with E-state index in [2.05, 4.69) is 26.0 Å². The second-order valence-corrected chi connectivity index (χ2v) is 3.79. The molecule has 0 saturated carbocycles. The van der Waals surface area contributed by atoms with Gasteiger partial charge in [0.15, 0.2) is 0 Å². The maximum atomic E-state index is 9.97. The molecule has 0 aliphatic carbocycles. The first-order valence-corrected chi connectivity index (χ1v) is 5.62. The highest BCUT2D eigenvalue weighted by Crippen LogP contribution is 2.18. The fourth-order valence-electron chi connectivity index (χ4n) is 1.73. The second-order valence-electron chi connectivity index (χ2n) is 3.79. The van der Waals surface area contributed by atoms with Crippen molar-refractivity contribution in [2.45, 2.75) is 39.8 Å². The molecule has 2 heteroatoms. The van der Waals surface area contributed by atoms with Crippen LogP contribution in [0.25, 0.3) is 0 Å². The zero-order chi connectivity index (χ0) is 11.3. The highest BCUT2D eigenvalue weighted by molar-refractivity contribution is 5.48. The predicted octanol–water partition coefficient (Wildman–Crippen LogP) is 2.74. The predicted molar refractivity (Wildman–Crippen MR) is 63.9 cm³/mol. The summed E-state index contributed by atoms with van der Waals surface area (Å²) < 4.78 is 0. The van der Waals surface area contributed by atoms with E-state index in [-0.39, 0.29) is 6.23 Å². The molecule has 0 amide bonds. The van der Waals surface area contributed by atoms with Crippen LogP contribution in [0.4, 0.5) is 5.69 Å². The van der Waals surface area contributed by atoms with Crippen molar-refractivity contribution in [2.24, 2.45) is 0 Å². The minimum absolute atomic E-state index is 0.373. The van der Waals surface area contributed by atoms with Crippen LogP contribution in [-0.4, -0.2) is 17.9 Å². The van der Waals surface area contributed by atoms with Gasteiger partial charge in [-0.1, -0.05) is 19.4 Å². The molecule has 0 bridgehead atoms. The fraction of sp³-hybridized carbons (Fsp3) is 0.538. The van der Waals surface area contributed by atoms with Crippen LogP contribution >= 0.6 is 0 Å². The zero-order valence-corrected chi connectivity index (χ0v) is 9.83. The Balaban J connectivity index is 2.82. The third kappa shape index (κ3) is 3.24. The van der Waals surface area contributed by atoms with Crippen LogP contribution in [-0.2, 0) is 0 Å². The summed E-state index contributed by atoms with van der Waals surface area (Å²) in [7, 11) is 0. The van der Waals surface area contributed by atoms with E-state index in [1.54, 1.807) is 0 Å². The van der Waals surface area contributed by atoms with Gasteiger partial charge in [-0.25, -0.2) is 0 Å². The molecule has 0 spiro atoms. The SMILES string of the molecule is CCCC(O)N(CC)c1cc[c]c(C)c1. The molecule has 1 rings (SSSR count). The van der Waals surface area contributed by atoms with Gasteiger partial charge in [-0.2, -0.15) is 0 Å². The largest absolute Gasteiger partial charge is 0.374 e. The number of aryl methyl sites for hydroxylation is 1. The van der Waals surface area contributed by atoms with E-state index >= 15 is 0 Å². The minimum atomic E-state index is -0.373. The van der Waals surface area contributed by atoms with E-state index < -0.39 is 0 Å². The standard InChI is InChI=1S/C13H20NO/c1-4-7-13(15)14(5-2)12-9-6-8-11(3)10-12/h6,9-10,13,15H,4-5,7H2,1-3H3. The summed E-state index contributed by atoms with van der Waals surface area (Å²) in [6.45, 7) is 6.99. The third-order valence-electron chi connectivity index (χ3n) is 2.51. The Bertz CT molecular complexity index is 298. The number of benzene rings is 1. The molecular weight excluding hydrogens is 186 g/mol. The molecule has 0 saturated heterocycles. The Kier molecular flexibility index (Phi) is 4.63. The molecule has 1 N–H and O–H groups in total. The highest BCUT2D eigenvalue weighted by atomic mass is 16.3. The maximum Gasteiger partial charge on any atom is 0.126 e. The monoisotopic (exact) mass is 206 g/mol. The van der Waals surface area contributed by atoms with Gasteiger partial charge in [-0.15, -0.1) is 0 Å². The van der Waals surface area contributed by atoms with Crippen molar-refractivity contribution in [3.05, 3.63) is 29.8 Å². The third-order valence-corrected chi connectivity index (χ3v) is 2.51. The van der Waals surface area contributed by atoms with Gasteiger partial charge in [0.2, 0.25) is 0 Å². The molecule has 1 aromatic rings. The number of aliphatic hydroxyl groups excluding tert-OH is 1. The molecule has 0 aromatic heterocycles. The molecular formula is C13H20NO. The Labute approximate surface area is 92.5 Å². The number of anilines is 1. The lowest BCUT2D eigenvalue weighted by Gasteiger charge is -2.28. The summed E-state index contributed by atoms with van der Waals surface area (Å²) in [5.74, 6) is 0. The first-order valence-electron chi connectivity index (χ1n) is 5.62. The van der Waals surface area contributed by atoms with Crippen LogP contribution in [0.3, 0.4) is 0 Å². The number of aliphatic hydroxyl groups is 1. The quantitative estimate of drug-likeness (QED) is 0.749. The molecule has 15 heavy (non-hydrogen) atoms. The summed E-state index contributed by atoms with van der Waals surface area (Å²) in [6, 6.07) is 9.08. The summed E-state index contributed by atoms with van der Waals surface area (Å²) in [4.78, 5) is 2.02. The smallest absolute Gasteiger partial charge is 0.126 e. The summed E-state index contributed by atoms with van der Waals surface area (Å²) in [5.41, 5.74) is 2.18. The van der Waals surface area contributed by atoms with Crippen molar-refractivity contribution in [1.82, 2.24) is 0 Å². The van der Waals surface area contributed by atoms with Crippen LogP contribution < -0.4 is 4.90 Å². The number of hydrogen-bond donors (Lipinski definition) is 1. The number of nitrogens with zero attached hydrogens (tertiary/aromatic N) is 1. The van der Waals surface area contributed by atoms with Crippen molar-refractivity contribution in [3.63, 3.8) is 0 Å². The van der Waals surface area contributed by atoms with E-state index in [0.29, 0.717) is 0 Å². The summed E-state index contributed by atoms with van der Waals surface area (Å²) in [6.07, 6.45) is 1.43. The first-order chi connectivity index (χ1) is 7.19. The van der Waals surface area contributed by atoms with Crippen LogP contribution in [0, 0.1) is 13.0 Å². The van der Waals surface area contributed by atoms with Gasteiger partial charge in [0.05, 0.1) is 0 Å². The molecule has 0 heterocycles. The normalized spacial score (nSPS) is 12.5. The minimum Gasteiger partial charge on any atom is -0.374 e. The Morgan fingerprint density at radius 1 is 1.47 bits per heavy atom. The van der Waals surface area contributed by atoms with Gasteiger partial charge in [-0.05, 0) is 44.0 Å². The van der Waals surface area contributed by atoms with E-state index in [0.717, 1.165) is 30.6 Å². The van der Waals surface area contributed by atoms with Gasteiger partial charge in [-0.3, -0.25) is 0 Å². The van der Waals surface area contributed by atoms with Crippen molar-refractivity contribution < 1.29 is 5.11 Å². The Hall–Kier alpha value is -1.02. The van der Waals surface area contributed by atoms with Crippen LogP contribution in [0.1, 0.15) is 32.3 Å². The molecule has 1 unspecified atom stereocenters. The average Bonchev–Trinajstić information content (AvgIpc) is 2.19. The lowest BCUT2D eigenvalue weighted by Crippen LogP contribution is -2.34. The van der Waals surface area contributed by atoms with Gasteiger partial charge >= 0.3 is 0 Å². The van der Waals surface area contributed by atoms with Gasteiger partial charge in [0, 0.05) is 12.2 Å². The molecule has 1 radical (unpaired) electrons. The second kappa shape index (κ2) is 5.76. The number of hydrogen-bond acceptors (Lipinski definition) is 2. The Morgan fingerprint density at radius 3 is 2.73 bits per heavy atom. The van der Waals surface area contributed by atoms with Crippen LogP contribution in [0.15, 0.2) is 18.2 Å². The van der Waals surface area contributed by atoms with Crippen LogP contribution in [0.5, 0.6) is 0 Å². The van der Waals surface area contributed by atoms with E-state index in [1.807, 2.05) is 24.0 Å². The van der Waals surface area contributed by atoms with Gasteiger partial charge in [0.25, 0.3) is 0 Å². The summed E-state index contributed by atoms with van der Waals surface area (Å²) >= 11 is 0. The van der Waals surface area contributed by atoms with E-state index in [4.69, 9.17) is 0 Å². The average molecular weight is 206 g/mol. The Morgan fingerprint density at radius 2 is 2.20 bits per heavy atom. The molecule has 2 nitrogen and oxygen atoms in total. The maximum absolute atomic E-state index is 9.97. The molecule has 0 fully saturated rings. The zero-order valence-electron chi connectivity index (χ0n) is 9.83. The van der Waals surface area contributed by atoms with Gasteiger partial charge < -0.3 is 10.0 Å². The van der Waals surface area contributed by atoms with Crippen molar-refractivity contribution in [2.75, 3.05) is 11.4 Å². The fourth-order valence-corrected chi connectivity index (χ4v) is 1.73. The molecule has 0 aliphatic rings. The number of rotatable bonds is 5. The van der Waals surface area contributed by atoms with E-state index in [9.17, 15) is 5.11 Å². The molecule has 1 atom stereocenters. The summed E-state index contributed by atoms with van der Waals surface area (Å²) in [5, 5.41) is 9.97. The van der Waals surface area contributed by atoms with Crippen molar-refractivity contribution in [1.29, 1.82) is 0 Å². The first kappa shape index (κ1) is 12.1. The van der Waals surface area contributed by atoms with Crippen LogP contribution in [0.2, 0.25) is 0 Å². The molecule has 83 valence electrons.